The first-order chi connectivity index (χ1) is 30.3. The molecule has 3 amide bonds. The van der Waals surface area contributed by atoms with Crippen molar-refractivity contribution in [1.29, 1.82) is 0 Å². The van der Waals surface area contributed by atoms with Crippen LogP contribution >= 0.6 is 21.6 Å². The number of allylic oxidation sites excluding steroid dienone is 2. The first-order valence-corrected chi connectivity index (χ1v) is 23.7. The van der Waals surface area contributed by atoms with Crippen molar-refractivity contribution in [2.24, 2.45) is 9.98 Å². The van der Waals surface area contributed by atoms with Gasteiger partial charge in [-0.25, -0.2) is 0 Å². The average Bonchev–Trinajstić information content (AvgIpc) is 3.85. The number of nitrogens with zero attached hydrogens (tertiary/aromatic N) is 6. The fourth-order valence-corrected chi connectivity index (χ4v) is 10.2. The molecule has 2 fully saturated rings. The summed E-state index contributed by atoms with van der Waals surface area (Å²) in [4.78, 5) is 60.0. The molecule has 0 N–H and O–H groups in total. The largest absolute Gasteiger partial charge is 0.493 e. The van der Waals surface area contributed by atoms with Crippen LogP contribution in [0.25, 0.3) is 0 Å². The Morgan fingerprint density at radius 3 is 1.76 bits per heavy atom. The lowest BCUT2D eigenvalue weighted by atomic mass is 10.1. The van der Waals surface area contributed by atoms with Gasteiger partial charge in [-0.15, -0.1) is 0 Å². The fourth-order valence-electron chi connectivity index (χ4n) is 7.97. The van der Waals surface area contributed by atoms with Gasteiger partial charge >= 0.3 is 0 Å². The van der Waals surface area contributed by atoms with Crippen LogP contribution in [0.2, 0.25) is 0 Å². The highest BCUT2D eigenvalue weighted by molar-refractivity contribution is 8.76. The third kappa shape index (κ3) is 10.5. The molecule has 0 unspecified atom stereocenters. The molecular weight excluding hydrogens is 841 g/mol. The summed E-state index contributed by atoms with van der Waals surface area (Å²) >= 11 is 0. The van der Waals surface area contributed by atoms with Crippen LogP contribution in [0.3, 0.4) is 0 Å². The van der Waals surface area contributed by atoms with Crippen molar-refractivity contribution in [3.05, 3.63) is 82.2 Å². The van der Waals surface area contributed by atoms with Gasteiger partial charge in [-0.3, -0.25) is 29.4 Å². The average molecular weight is 897 g/mol. The van der Waals surface area contributed by atoms with Crippen LogP contribution < -0.4 is 23.7 Å². The Bertz CT molecular complexity index is 2230. The number of hydrogen-bond acceptors (Lipinski definition) is 13. The number of pyridine rings is 1. The number of aliphatic imine (C=N–C) groups is 2. The van der Waals surface area contributed by atoms with Crippen LogP contribution in [-0.4, -0.2) is 120 Å². The van der Waals surface area contributed by atoms with Gasteiger partial charge in [-0.2, -0.15) is 0 Å². The quantitative estimate of drug-likeness (QED) is 0.0952. The molecule has 14 nitrogen and oxygen atoms in total. The van der Waals surface area contributed by atoms with Crippen LogP contribution in [0, 0.1) is 0 Å². The van der Waals surface area contributed by atoms with Crippen LogP contribution in [0.15, 0.2) is 69.7 Å². The smallest absolute Gasteiger partial charge is 0.257 e. The normalized spacial score (nSPS) is 19.0. The van der Waals surface area contributed by atoms with E-state index in [1.807, 2.05) is 42.3 Å². The predicted molar refractivity (Wildman–Crippen MR) is 249 cm³/mol. The van der Waals surface area contributed by atoms with Gasteiger partial charge in [0.2, 0.25) is 5.91 Å². The third-order valence-corrected chi connectivity index (χ3v) is 14.3. The van der Waals surface area contributed by atoms with Crippen molar-refractivity contribution >= 4 is 63.1 Å². The lowest BCUT2D eigenvalue weighted by molar-refractivity contribution is -0.130. The summed E-state index contributed by atoms with van der Waals surface area (Å²) in [6.45, 7) is 10.1. The zero-order valence-electron chi connectivity index (χ0n) is 37.3. The minimum absolute atomic E-state index is 0.0117. The van der Waals surface area contributed by atoms with Crippen LogP contribution in [-0.2, 0) is 18.0 Å². The first kappa shape index (κ1) is 45.5. The number of hydrogen-bond donors (Lipinski definition) is 0. The van der Waals surface area contributed by atoms with E-state index in [1.165, 1.54) is 25.4 Å². The van der Waals surface area contributed by atoms with E-state index in [4.69, 9.17) is 38.7 Å². The van der Waals surface area contributed by atoms with E-state index in [1.54, 1.807) is 69.9 Å². The molecule has 0 aliphatic carbocycles. The summed E-state index contributed by atoms with van der Waals surface area (Å²) in [7, 11) is 8.33. The number of methoxy groups -OCH3 is 2. The van der Waals surface area contributed by atoms with E-state index in [-0.39, 0.29) is 54.4 Å². The lowest BCUT2D eigenvalue weighted by Gasteiger charge is -2.24. The topological polar surface area (TPSA) is 145 Å². The number of carbonyl (C=O) groups excluding carboxylic acids is 3. The monoisotopic (exact) mass is 896 g/mol. The van der Waals surface area contributed by atoms with Crippen molar-refractivity contribution in [1.82, 2.24) is 19.7 Å². The van der Waals surface area contributed by atoms with Crippen LogP contribution in [0.4, 0.5) is 11.4 Å². The zero-order chi connectivity index (χ0) is 44.8. The maximum atomic E-state index is 13.7. The number of benzene rings is 2. The molecule has 16 heteroatoms. The maximum Gasteiger partial charge on any atom is 0.257 e. The number of likely N-dealkylation sites (N-methyl/N-ethyl adjacent to an activating group) is 1. The highest BCUT2D eigenvalue weighted by atomic mass is 33.1. The molecule has 0 radical (unpaired) electrons. The summed E-state index contributed by atoms with van der Waals surface area (Å²) in [6, 6.07) is 10.2. The molecule has 0 bridgehead atoms. The lowest BCUT2D eigenvalue weighted by Crippen LogP contribution is -2.35. The molecular formula is C47H56N6O8S2. The van der Waals surface area contributed by atoms with E-state index >= 15 is 0 Å². The van der Waals surface area contributed by atoms with Crippen molar-refractivity contribution in [3.63, 3.8) is 0 Å². The van der Waals surface area contributed by atoms with E-state index in [0.717, 1.165) is 19.3 Å². The van der Waals surface area contributed by atoms with Gasteiger partial charge in [0.05, 0.1) is 66.7 Å². The molecule has 0 spiro atoms. The number of aromatic nitrogens is 1. The van der Waals surface area contributed by atoms with Gasteiger partial charge in [0, 0.05) is 68.0 Å². The Labute approximate surface area is 377 Å². The number of fused-ring (bicyclic) bond motifs is 4. The van der Waals surface area contributed by atoms with E-state index in [9.17, 15) is 14.4 Å². The minimum atomic E-state index is -0.112. The summed E-state index contributed by atoms with van der Waals surface area (Å²) in [5.74, 6) is 1.92. The Hall–Kier alpha value is -5.48. The Morgan fingerprint density at radius 2 is 1.30 bits per heavy atom. The highest BCUT2D eigenvalue weighted by Gasteiger charge is 2.36. The molecule has 2 saturated heterocycles. The van der Waals surface area contributed by atoms with Crippen molar-refractivity contribution in [3.8, 4) is 28.7 Å². The number of carbonyl (C=O) groups is 3. The van der Waals surface area contributed by atoms with Gasteiger partial charge in [0.25, 0.3) is 11.8 Å². The first-order valence-electron chi connectivity index (χ1n) is 21.1. The van der Waals surface area contributed by atoms with Gasteiger partial charge < -0.3 is 38.4 Å². The van der Waals surface area contributed by atoms with Crippen molar-refractivity contribution in [2.45, 2.75) is 83.4 Å². The molecule has 4 aliphatic rings. The van der Waals surface area contributed by atoms with Gasteiger partial charge in [-0.05, 0) is 65.3 Å². The second-order valence-corrected chi connectivity index (χ2v) is 19.5. The zero-order valence-corrected chi connectivity index (χ0v) is 38.9. The summed E-state index contributed by atoms with van der Waals surface area (Å²) < 4.78 is 30.4. The Morgan fingerprint density at radius 1 is 0.794 bits per heavy atom. The van der Waals surface area contributed by atoms with Crippen LogP contribution in [0.5, 0.6) is 28.7 Å². The molecule has 5 heterocycles. The number of rotatable bonds is 17. The Balaban J connectivity index is 1.10. The summed E-state index contributed by atoms with van der Waals surface area (Å²) in [5.41, 5.74) is 5.36. The Kier molecular flexibility index (Phi) is 14.4. The summed E-state index contributed by atoms with van der Waals surface area (Å²) in [5, 5.41) is 0. The SMILES string of the molecule is CC=C1C[C@H]2C=Nc3cc(OCc4cc(OCCN(C)C(=O)CCC(C)(C)SSC)cc(COc5cc6c(cc5OC)C(=O)N5CC(=CC)C[C@H]5C=N6)n4)c(OC)cc3C(=O)N2C1. The van der Waals surface area contributed by atoms with Crippen molar-refractivity contribution in [2.75, 3.05) is 53.8 Å². The number of ether oxygens (including phenoxy) is 5. The predicted octanol–water partition coefficient (Wildman–Crippen LogP) is 8.42. The highest BCUT2D eigenvalue weighted by Crippen LogP contribution is 2.41. The van der Waals surface area contributed by atoms with Crippen LogP contribution in [0.1, 0.15) is 85.5 Å². The third-order valence-electron chi connectivity index (χ3n) is 11.7. The standard InChI is InChI=1S/C47H56N6O8S2/c1-9-29-15-33-23-48-38-21-42(40(57-6)19-36(38)45(55)52(33)25-29)60-27-31-17-35(59-14-13-51(5)44(54)11-12-47(3,4)63-62-8)18-32(50-31)28-61-43-22-39-37(20-41(43)58-7)46(56)53-26-30(10-2)16-34(53)24-49-39/h9-10,17-24,33-34H,11-16,25-28H2,1-8H3/t33-,34-/m0/s1. The van der Waals surface area contributed by atoms with E-state index in [0.29, 0.717) is 88.7 Å². The molecule has 2 atom stereocenters. The molecule has 3 aromatic rings. The second kappa shape index (κ2) is 19.9. The summed E-state index contributed by atoms with van der Waals surface area (Å²) in [6.07, 6.45) is 12.5. The fraction of sp³-hybridized carbons (Fsp3) is 0.447. The molecule has 1 aromatic heterocycles. The van der Waals surface area contributed by atoms with Gasteiger partial charge in [-0.1, -0.05) is 44.9 Å². The molecule has 7 rings (SSSR count). The molecule has 0 saturated carbocycles. The van der Waals surface area contributed by atoms with E-state index in [2.05, 4.69) is 26.0 Å². The molecule has 63 heavy (non-hydrogen) atoms. The van der Waals surface area contributed by atoms with Crippen molar-refractivity contribution < 1.29 is 38.1 Å². The molecule has 334 valence electrons. The van der Waals surface area contributed by atoms with Gasteiger partial charge in [0.1, 0.15) is 25.6 Å². The second-order valence-electron chi connectivity index (χ2n) is 16.4. The van der Waals surface area contributed by atoms with Gasteiger partial charge in [0.15, 0.2) is 23.0 Å². The minimum Gasteiger partial charge on any atom is -0.493 e. The molecule has 2 aromatic carbocycles. The number of amides is 3. The maximum absolute atomic E-state index is 13.7. The van der Waals surface area contributed by atoms with E-state index < -0.39 is 0 Å². The molecule has 4 aliphatic heterocycles.